The molecule has 172 valence electrons. The second kappa shape index (κ2) is 9.59. The van der Waals surface area contributed by atoms with E-state index in [0.717, 1.165) is 25.0 Å². The van der Waals surface area contributed by atoms with Crippen molar-refractivity contribution in [3.05, 3.63) is 101 Å². The minimum Gasteiger partial charge on any atom is -0.496 e. The Bertz CT molecular complexity index is 1130. The number of benzene rings is 2. The van der Waals surface area contributed by atoms with Gasteiger partial charge in [0.25, 0.3) is 0 Å². The Labute approximate surface area is 200 Å². The fraction of sp³-hybridized carbons (Fsp3) is 0.375. The number of methoxy groups -OCH3 is 1. The van der Waals surface area contributed by atoms with Crippen LogP contribution in [0.1, 0.15) is 70.6 Å². The topological polar surface area (TPSA) is 9.23 Å². The molecule has 0 radical (unpaired) electrons. The highest BCUT2D eigenvalue weighted by molar-refractivity contribution is 5.87. The van der Waals surface area contributed by atoms with Gasteiger partial charge in [-0.2, -0.15) is 0 Å². The maximum Gasteiger partial charge on any atom is 0.122 e. The Morgan fingerprint density at radius 1 is 0.939 bits per heavy atom. The van der Waals surface area contributed by atoms with E-state index in [1.807, 2.05) is 0 Å². The van der Waals surface area contributed by atoms with Gasteiger partial charge in [0.2, 0.25) is 0 Å². The van der Waals surface area contributed by atoms with E-state index in [1.54, 1.807) is 7.11 Å². The summed E-state index contributed by atoms with van der Waals surface area (Å²) in [6, 6.07) is 16.2. The summed E-state index contributed by atoms with van der Waals surface area (Å²) in [6.07, 6.45) is 14.0. The Kier molecular flexibility index (Phi) is 6.79. The van der Waals surface area contributed by atoms with Gasteiger partial charge in [-0.15, -0.1) is 0 Å². The zero-order valence-electron chi connectivity index (χ0n) is 21.1. The molecule has 2 aromatic rings. The van der Waals surface area contributed by atoms with E-state index in [1.165, 1.54) is 39.0 Å². The summed E-state index contributed by atoms with van der Waals surface area (Å²) >= 11 is 0. The number of allylic oxidation sites excluding steroid dienone is 7. The predicted octanol–water partition coefficient (Wildman–Crippen LogP) is 8.87. The molecule has 4 rings (SSSR count). The van der Waals surface area contributed by atoms with Crippen LogP contribution in [0.25, 0.3) is 16.7 Å². The first-order valence-electron chi connectivity index (χ1n) is 12.4. The number of hydrogen-bond acceptors (Lipinski definition) is 1. The lowest BCUT2D eigenvalue weighted by molar-refractivity contribution is 0.310. The van der Waals surface area contributed by atoms with Crippen LogP contribution in [-0.4, -0.2) is 7.11 Å². The molecule has 0 spiro atoms. The Balaban J connectivity index is 1.98. The molecule has 0 fully saturated rings. The van der Waals surface area contributed by atoms with Crippen LogP contribution < -0.4 is 0 Å². The number of hydrogen-bond donors (Lipinski definition) is 0. The zero-order valence-corrected chi connectivity index (χ0v) is 21.1. The third-order valence-electron chi connectivity index (χ3n) is 7.00. The van der Waals surface area contributed by atoms with Gasteiger partial charge in [-0.1, -0.05) is 88.4 Å². The molecule has 1 heteroatoms. The normalized spacial score (nSPS) is 18.0. The lowest BCUT2D eigenvalue weighted by Gasteiger charge is -2.36. The van der Waals surface area contributed by atoms with Crippen molar-refractivity contribution in [3.8, 4) is 11.1 Å². The average molecular weight is 439 g/mol. The SMILES string of the molecule is C/C=C(OC)\C(=C1\C=CC=CC1)c1ccc2c(c1)C(CC(C)C)(CC(C)C)c1ccccc1-2. The minimum absolute atomic E-state index is 0.0471. The number of ether oxygens (including phenoxy) is 1. The summed E-state index contributed by atoms with van der Waals surface area (Å²) in [7, 11) is 1.78. The minimum atomic E-state index is 0.0471. The van der Waals surface area contributed by atoms with Crippen LogP contribution in [0.15, 0.2) is 84.2 Å². The lowest BCUT2D eigenvalue weighted by Crippen LogP contribution is -2.29. The molecule has 0 bridgehead atoms. The van der Waals surface area contributed by atoms with Gasteiger partial charge in [0.1, 0.15) is 5.76 Å². The summed E-state index contributed by atoms with van der Waals surface area (Å²) in [5.41, 5.74) is 9.63. The fourth-order valence-electron chi connectivity index (χ4n) is 6.08. The highest BCUT2D eigenvalue weighted by Crippen LogP contribution is 2.55. The van der Waals surface area contributed by atoms with Crippen molar-refractivity contribution in [2.45, 2.75) is 59.3 Å². The summed E-state index contributed by atoms with van der Waals surface area (Å²) in [5.74, 6) is 2.17. The standard InChI is InChI=1S/C32H38O/c1-7-30(33-6)31(24-13-9-8-10-14-24)25-17-18-27-26-15-11-12-16-28(26)32(20-22(2)3,21-23(4)5)29(27)19-25/h7-13,15-19,22-23H,14,20-21H2,1-6H3/b30-7+,31-24-. The summed E-state index contributed by atoms with van der Waals surface area (Å²) in [6.45, 7) is 11.5. The smallest absolute Gasteiger partial charge is 0.122 e. The quantitative estimate of drug-likeness (QED) is 0.392. The predicted molar refractivity (Wildman–Crippen MR) is 142 cm³/mol. The van der Waals surface area contributed by atoms with Gasteiger partial charge >= 0.3 is 0 Å². The second-order valence-electron chi connectivity index (χ2n) is 10.3. The van der Waals surface area contributed by atoms with E-state index in [9.17, 15) is 0 Å². The third-order valence-corrected chi connectivity index (χ3v) is 7.00. The molecule has 2 aromatic carbocycles. The van der Waals surface area contributed by atoms with E-state index in [4.69, 9.17) is 4.74 Å². The second-order valence-corrected chi connectivity index (χ2v) is 10.3. The summed E-state index contributed by atoms with van der Waals surface area (Å²) in [4.78, 5) is 0. The van der Waals surface area contributed by atoms with Crippen LogP contribution in [0.3, 0.4) is 0 Å². The van der Waals surface area contributed by atoms with Gasteiger partial charge in [0.05, 0.1) is 7.11 Å². The van der Waals surface area contributed by atoms with Crippen LogP contribution in [-0.2, 0) is 10.2 Å². The molecule has 33 heavy (non-hydrogen) atoms. The van der Waals surface area contributed by atoms with Crippen molar-refractivity contribution in [2.24, 2.45) is 11.8 Å². The van der Waals surface area contributed by atoms with Crippen molar-refractivity contribution in [1.82, 2.24) is 0 Å². The molecule has 2 aliphatic carbocycles. The first-order valence-corrected chi connectivity index (χ1v) is 12.4. The van der Waals surface area contributed by atoms with Crippen LogP contribution >= 0.6 is 0 Å². The van der Waals surface area contributed by atoms with Crippen molar-refractivity contribution < 1.29 is 4.74 Å². The third kappa shape index (κ3) is 4.26. The van der Waals surface area contributed by atoms with Gasteiger partial charge in [-0.3, -0.25) is 0 Å². The number of fused-ring (bicyclic) bond motifs is 3. The molecule has 0 aromatic heterocycles. The summed E-state index contributed by atoms with van der Waals surface area (Å²) in [5, 5.41) is 0. The molecular formula is C32H38O. The molecule has 0 saturated heterocycles. The monoisotopic (exact) mass is 438 g/mol. The van der Waals surface area contributed by atoms with Crippen molar-refractivity contribution in [2.75, 3.05) is 7.11 Å². The van der Waals surface area contributed by atoms with Gasteiger partial charge in [-0.05, 0) is 83.6 Å². The maximum atomic E-state index is 5.88. The van der Waals surface area contributed by atoms with Crippen LogP contribution in [0.4, 0.5) is 0 Å². The molecule has 0 aliphatic heterocycles. The molecule has 0 N–H and O–H groups in total. The molecule has 0 heterocycles. The Hall–Kier alpha value is -2.80. The highest BCUT2D eigenvalue weighted by Gasteiger charge is 2.43. The lowest BCUT2D eigenvalue weighted by atomic mass is 9.67. The molecule has 1 nitrogen and oxygen atoms in total. The van der Waals surface area contributed by atoms with E-state index < -0.39 is 0 Å². The van der Waals surface area contributed by atoms with E-state index >= 15 is 0 Å². The van der Waals surface area contributed by atoms with Gasteiger partial charge in [0, 0.05) is 11.0 Å². The zero-order chi connectivity index (χ0) is 23.6. The van der Waals surface area contributed by atoms with E-state index in [2.05, 4.69) is 107 Å². The maximum absolute atomic E-state index is 5.88. The van der Waals surface area contributed by atoms with Crippen LogP contribution in [0, 0.1) is 11.8 Å². The molecule has 0 atom stereocenters. The molecule has 0 unspecified atom stereocenters. The molecule has 0 saturated carbocycles. The number of rotatable bonds is 7. The summed E-state index contributed by atoms with van der Waals surface area (Å²) < 4.78 is 5.88. The molecular weight excluding hydrogens is 400 g/mol. The van der Waals surface area contributed by atoms with E-state index in [0.29, 0.717) is 11.8 Å². The Morgan fingerprint density at radius 3 is 2.24 bits per heavy atom. The van der Waals surface area contributed by atoms with Gasteiger partial charge in [0.15, 0.2) is 0 Å². The van der Waals surface area contributed by atoms with Crippen LogP contribution in [0.2, 0.25) is 0 Å². The van der Waals surface area contributed by atoms with Crippen molar-refractivity contribution >= 4 is 5.57 Å². The Morgan fingerprint density at radius 2 is 1.64 bits per heavy atom. The highest BCUT2D eigenvalue weighted by atomic mass is 16.5. The van der Waals surface area contributed by atoms with Crippen molar-refractivity contribution in [3.63, 3.8) is 0 Å². The molecule has 2 aliphatic rings. The molecule has 0 amide bonds. The van der Waals surface area contributed by atoms with Crippen molar-refractivity contribution in [1.29, 1.82) is 0 Å². The largest absolute Gasteiger partial charge is 0.496 e. The van der Waals surface area contributed by atoms with E-state index in [-0.39, 0.29) is 5.41 Å². The average Bonchev–Trinajstić information content (AvgIpc) is 3.06. The first kappa shape index (κ1) is 23.4. The first-order chi connectivity index (χ1) is 15.9. The van der Waals surface area contributed by atoms with Crippen LogP contribution in [0.5, 0.6) is 0 Å². The van der Waals surface area contributed by atoms with Gasteiger partial charge < -0.3 is 4.74 Å². The fourth-order valence-corrected chi connectivity index (χ4v) is 6.08. The van der Waals surface area contributed by atoms with Gasteiger partial charge in [-0.25, -0.2) is 0 Å².